The molecule has 1 unspecified atom stereocenters. The molecule has 2 fully saturated rings. The third kappa shape index (κ3) is 3.23. The van der Waals surface area contributed by atoms with Crippen molar-refractivity contribution in [1.29, 1.82) is 0 Å². The molecule has 0 radical (unpaired) electrons. The molecule has 1 amide bonds. The van der Waals surface area contributed by atoms with Crippen LogP contribution >= 0.6 is 0 Å². The van der Waals surface area contributed by atoms with Crippen molar-refractivity contribution in [2.24, 2.45) is 17.4 Å². The number of hydrogen-bond donors (Lipinski definition) is 2. The Balaban J connectivity index is 1.89. The fourth-order valence-corrected chi connectivity index (χ4v) is 3.48. The third-order valence-electron chi connectivity index (χ3n) is 4.60. The first kappa shape index (κ1) is 13.8. The molecule has 1 saturated heterocycles. The Morgan fingerprint density at radius 2 is 2.00 bits per heavy atom. The Hall–Kier alpha value is -0.610. The topological polar surface area (TPSA) is 72.3 Å². The van der Waals surface area contributed by atoms with Crippen molar-refractivity contribution in [2.45, 2.75) is 63.5 Å². The van der Waals surface area contributed by atoms with Gasteiger partial charge < -0.3 is 16.4 Å². The van der Waals surface area contributed by atoms with Gasteiger partial charge in [-0.3, -0.25) is 4.79 Å². The van der Waals surface area contributed by atoms with Crippen LogP contribution in [0.2, 0.25) is 0 Å². The maximum atomic E-state index is 12.4. The van der Waals surface area contributed by atoms with Gasteiger partial charge in [-0.05, 0) is 51.0 Å². The highest BCUT2D eigenvalue weighted by molar-refractivity contribution is 5.77. The zero-order chi connectivity index (χ0) is 13.0. The van der Waals surface area contributed by atoms with Gasteiger partial charge in [0.1, 0.15) is 0 Å². The van der Waals surface area contributed by atoms with E-state index in [4.69, 9.17) is 11.5 Å². The molecule has 0 spiro atoms. The Morgan fingerprint density at radius 3 is 2.67 bits per heavy atom. The third-order valence-corrected chi connectivity index (χ3v) is 4.60. The second-order valence-corrected chi connectivity index (χ2v) is 5.87. The number of likely N-dealkylation sites (tertiary alicyclic amines) is 1. The predicted molar refractivity (Wildman–Crippen MR) is 73.0 cm³/mol. The Bertz CT molecular complexity index is 280. The monoisotopic (exact) mass is 253 g/mol. The summed E-state index contributed by atoms with van der Waals surface area (Å²) in [5.74, 6) is 0.730. The lowest BCUT2D eigenvalue weighted by Gasteiger charge is -2.36. The number of amides is 1. The van der Waals surface area contributed by atoms with Crippen LogP contribution in [0.15, 0.2) is 0 Å². The molecule has 0 aromatic carbocycles. The summed E-state index contributed by atoms with van der Waals surface area (Å²) in [6.45, 7) is 1.60. The van der Waals surface area contributed by atoms with Gasteiger partial charge in [-0.25, -0.2) is 0 Å². The standard InChI is InChI=1S/C14H27N3O/c15-8-7-12-5-1-2-9-17(12)14(18)10-11-4-3-6-13(11)16/h11-13H,1-10,15-16H2/t11-,12?,13+/m0/s1. The van der Waals surface area contributed by atoms with Gasteiger partial charge in [0.15, 0.2) is 0 Å². The number of carbonyl (C=O) groups excluding carboxylic acids is 1. The molecule has 2 aliphatic rings. The van der Waals surface area contributed by atoms with E-state index in [0.29, 0.717) is 30.8 Å². The molecule has 1 heterocycles. The van der Waals surface area contributed by atoms with E-state index in [1.165, 1.54) is 12.8 Å². The van der Waals surface area contributed by atoms with Gasteiger partial charge in [-0.1, -0.05) is 6.42 Å². The fraction of sp³-hybridized carbons (Fsp3) is 0.929. The molecule has 4 N–H and O–H groups in total. The van der Waals surface area contributed by atoms with Crippen LogP contribution in [-0.4, -0.2) is 36.0 Å². The highest BCUT2D eigenvalue weighted by Gasteiger charge is 2.31. The molecule has 0 aromatic heterocycles. The van der Waals surface area contributed by atoms with Gasteiger partial charge in [-0.15, -0.1) is 0 Å². The Morgan fingerprint density at radius 1 is 1.17 bits per heavy atom. The summed E-state index contributed by atoms with van der Waals surface area (Å²) in [4.78, 5) is 14.5. The first-order chi connectivity index (χ1) is 8.72. The summed E-state index contributed by atoms with van der Waals surface area (Å²) in [5.41, 5.74) is 11.7. The van der Waals surface area contributed by atoms with E-state index in [-0.39, 0.29) is 6.04 Å². The van der Waals surface area contributed by atoms with E-state index in [9.17, 15) is 4.79 Å². The van der Waals surface area contributed by atoms with Gasteiger partial charge in [0.2, 0.25) is 5.91 Å². The Labute approximate surface area is 110 Å². The van der Waals surface area contributed by atoms with Crippen molar-refractivity contribution in [3.05, 3.63) is 0 Å². The summed E-state index contributed by atoms with van der Waals surface area (Å²) in [5, 5.41) is 0. The molecule has 1 aliphatic carbocycles. The fourth-order valence-electron chi connectivity index (χ4n) is 3.48. The molecule has 0 bridgehead atoms. The average molecular weight is 253 g/mol. The second kappa shape index (κ2) is 6.53. The van der Waals surface area contributed by atoms with Gasteiger partial charge in [0.25, 0.3) is 0 Å². The molecule has 18 heavy (non-hydrogen) atoms. The van der Waals surface area contributed by atoms with Gasteiger partial charge >= 0.3 is 0 Å². The van der Waals surface area contributed by atoms with Crippen molar-refractivity contribution >= 4 is 5.91 Å². The lowest BCUT2D eigenvalue weighted by atomic mass is 9.95. The van der Waals surface area contributed by atoms with Crippen LogP contribution < -0.4 is 11.5 Å². The predicted octanol–water partition coefficient (Wildman–Crippen LogP) is 1.23. The average Bonchev–Trinajstić information content (AvgIpc) is 2.76. The van der Waals surface area contributed by atoms with Crippen LogP contribution in [0.25, 0.3) is 0 Å². The van der Waals surface area contributed by atoms with Crippen LogP contribution in [0.1, 0.15) is 51.4 Å². The van der Waals surface area contributed by atoms with Crippen LogP contribution in [-0.2, 0) is 4.79 Å². The Kier molecular flexibility index (Phi) is 5.01. The van der Waals surface area contributed by atoms with Crippen molar-refractivity contribution in [3.63, 3.8) is 0 Å². The van der Waals surface area contributed by atoms with Crippen molar-refractivity contribution in [3.8, 4) is 0 Å². The first-order valence-corrected chi connectivity index (χ1v) is 7.47. The van der Waals surface area contributed by atoms with Gasteiger partial charge in [0, 0.05) is 25.0 Å². The SMILES string of the molecule is NCCC1CCCCN1C(=O)C[C@@H]1CCC[C@H]1N. The lowest BCUT2D eigenvalue weighted by Crippen LogP contribution is -2.45. The summed E-state index contributed by atoms with van der Waals surface area (Å²) in [6, 6.07) is 0.626. The number of hydrogen-bond acceptors (Lipinski definition) is 3. The largest absolute Gasteiger partial charge is 0.340 e. The van der Waals surface area contributed by atoms with E-state index < -0.39 is 0 Å². The normalized spacial score (nSPS) is 32.8. The van der Waals surface area contributed by atoms with Crippen LogP contribution in [0.4, 0.5) is 0 Å². The van der Waals surface area contributed by atoms with Crippen molar-refractivity contribution in [2.75, 3.05) is 13.1 Å². The minimum atomic E-state index is 0.242. The van der Waals surface area contributed by atoms with Gasteiger partial charge in [-0.2, -0.15) is 0 Å². The number of nitrogens with zero attached hydrogens (tertiary/aromatic N) is 1. The van der Waals surface area contributed by atoms with E-state index in [1.807, 2.05) is 0 Å². The quantitative estimate of drug-likeness (QED) is 0.791. The molecular weight excluding hydrogens is 226 g/mol. The van der Waals surface area contributed by atoms with E-state index in [2.05, 4.69) is 4.90 Å². The van der Waals surface area contributed by atoms with Crippen LogP contribution in [0, 0.1) is 5.92 Å². The maximum Gasteiger partial charge on any atom is 0.223 e. The number of rotatable bonds is 4. The highest BCUT2D eigenvalue weighted by atomic mass is 16.2. The van der Waals surface area contributed by atoms with E-state index in [1.54, 1.807) is 0 Å². The highest BCUT2D eigenvalue weighted by Crippen LogP contribution is 2.29. The van der Waals surface area contributed by atoms with E-state index in [0.717, 1.165) is 38.6 Å². The minimum absolute atomic E-state index is 0.242. The smallest absolute Gasteiger partial charge is 0.223 e. The summed E-state index contributed by atoms with van der Waals surface area (Å²) in [6.07, 6.45) is 8.50. The number of nitrogens with two attached hydrogens (primary N) is 2. The molecule has 104 valence electrons. The first-order valence-electron chi connectivity index (χ1n) is 7.47. The summed E-state index contributed by atoms with van der Waals surface area (Å²) >= 11 is 0. The number of carbonyl (C=O) groups is 1. The minimum Gasteiger partial charge on any atom is -0.340 e. The van der Waals surface area contributed by atoms with Crippen molar-refractivity contribution < 1.29 is 4.79 Å². The molecule has 4 heteroatoms. The zero-order valence-corrected chi connectivity index (χ0v) is 11.3. The number of piperidine rings is 1. The van der Waals surface area contributed by atoms with Crippen molar-refractivity contribution in [1.82, 2.24) is 4.90 Å². The molecule has 0 aromatic rings. The molecule has 1 aliphatic heterocycles. The molecule has 1 saturated carbocycles. The molecular formula is C14H27N3O. The van der Waals surface area contributed by atoms with Crippen LogP contribution in [0.5, 0.6) is 0 Å². The molecule has 4 nitrogen and oxygen atoms in total. The van der Waals surface area contributed by atoms with Crippen LogP contribution in [0.3, 0.4) is 0 Å². The lowest BCUT2D eigenvalue weighted by molar-refractivity contribution is -0.136. The maximum absolute atomic E-state index is 12.4. The zero-order valence-electron chi connectivity index (χ0n) is 11.3. The molecule has 3 atom stereocenters. The summed E-state index contributed by atoms with van der Waals surface area (Å²) in [7, 11) is 0. The van der Waals surface area contributed by atoms with E-state index >= 15 is 0 Å². The molecule has 2 rings (SSSR count). The second-order valence-electron chi connectivity index (χ2n) is 5.87. The summed E-state index contributed by atoms with van der Waals surface area (Å²) < 4.78 is 0. The van der Waals surface area contributed by atoms with Gasteiger partial charge in [0.05, 0.1) is 0 Å².